The molecular formula is C23H19Cl2N3O4S. The highest BCUT2D eigenvalue weighted by Crippen LogP contribution is 2.31. The van der Waals surface area contributed by atoms with Crippen LogP contribution in [0.2, 0.25) is 10.0 Å². The molecule has 0 saturated heterocycles. The van der Waals surface area contributed by atoms with Crippen LogP contribution in [0.5, 0.6) is 0 Å². The van der Waals surface area contributed by atoms with Crippen molar-refractivity contribution >= 4 is 55.9 Å². The van der Waals surface area contributed by atoms with E-state index in [0.717, 1.165) is 15.4 Å². The Labute approximate surface area is 200 Å². The molecule has 4 aromatic rings. The fourth-order valence-electron chi connectivity index (χ4n) is 3.62. The Bertz CT molecular complexity index is 1420. The number of carboxylic acids is 1. The first-order valence-electron chi connectivity index (χ1n) is 9.89. The Balaban J connectivity index is 1.78. The van der Waals surface area contributed by atoms with Crippen molar-refractivity contribution in [2.75, 3.05) is 10.8 Å². The van der Waals surface area contributed by atoms with Crippen LogP contribution in [0.1, 0.15) is 18.5 Å². The van der Waals surface area contributed by atoms with Gasteiger partial charge in [-0.05, 0) is 48.9 Å². The molecule has 1 unspecified atom stereocenters. The minimum Gasteiger partial charge on any atom is -0.480 e. The Hall–Kier alpha value is -3.07. The van der Waals surface area contributed by atoms with E-state index < -0.39 is 22.5 Å². The number of halogens is 2. The zero-order valence-electron chi connectivity index (χ0n) is 17.4. The van der Waals surface area contributed by atoms with E-state index in [4.69, 9.17) is 23.2 Å². The summed E-state index contributed by atoms with van der Waals surface area (Å²) in [4.78, 5) is 15.7. The third-order valence-electron chi connectivity index (χ3n) is 5.25. The summed E-state index contributed by atoms with van der Waals surface area (Å²) in [7, 11) is -4.27. The highest BCUT2D eigenvalue weighted by molar-refractivity contribution is 7.92. The molecule has 0 spiro atoms. The highest BCUT2D eigenvalue weighted by atomic mass is 35.5. The van der Waals surface area contributed by atoms with E-state index in [9.17, 15) is 18.3 Å². The van der Waals surface area contributed by atoms with Crippen LogP contribution < -0.4 is 4.31 Å². The number of benzene rings is 3. The normalized spacial score (nSPS) is 12.6. The molecule has 1 atom stereocenters. The van der Waals surface area contributed by atoms with Gasteiger partial charge in [-0.2, -0.15) is 0 Å². The van der Waals surface area contributed by atoms with Crippen LogP contribution in [-0.2, 0) is 14.8 Å². The lowest BCUT2D eigenvalue weighted by molar-refractivity contribution is -0.135. The van der Waals surface area contributed by atoms with Crippen molar-refractivity contribution in [1.82, 2.24) is 9.55 Å². The monoisotopic (exact) mass is 503 g/mol. The number of carbonyl (C=O) groups is 1. The smallest absolute Gasteiger partial charge is 0.324 e. The third-order valence-corrected chi connectivity index (χ3v) is 7.44. The predicted molar refractivity (Wildman–Crippen MR) is 129 cm³/mol. The number of hydrogen-bond donors (Lipinski definition) is 1. The zero-order chi connectivity index (χ0) is 23.8. The van der Waals surface area contributed by atoms with Gasteiger partial charge in [0, 0.05) is 10.0 Å². The minimum atomic E-state index is -4.27. The number of fused-ring (bicyclic) bond motifs is 1. The standard InChI is InChI=1S/C23H19Cl2N3O4S/c1-15(16-5-3-2-4-6-16)27-14-26-21-12-19(7-8-22(21)27)28(13-23(29)30)33(31,32)20-10-17(24)9-18(25)11-20/h2-12,14-15H,13H2,1H3,(H,29,30). The topological polar surface area (TPSA) is 92.5 Å². The molecular weight excluding hydrogens is 485 g/mol. The molecule has 0 amide bonds. The van der Waals surface area contributed by atoms with Crippen molar-refractivity contribution in [3.63, 3.8) is 0 Å². The molecule has 0 saturated carbocycles. The lowest BCUT2D eigenvalue weighted by atomic mass is 10.1. The lowest BCUT2D eigenvalue weighted by Crippen LogP contribution is -2.35. The van der Waals surface area contributed by atoms with Gasteiger partial charge in [0.15, 0.2) is 0 Å². The number of rotatable bonds is 7. The van der Waals surface area contributed by atoms with Gasteiger partial charge in [-0.25, -0.2) is 13.4 Å². The van der Waals surface area contributed by atoms with Gasteiger partial charge in [-0.3, -0.25) is 9.10 Å². The lowest BCUT2D eigenvalue weighted by Gasteiger charge is -2.23. The Kier molecular flexibility index (Phi) is 6.34. The van der Waals surface area contributed by atoms with E-state index in [0.29, 0.717) is 5.52 Å². The van der Waals surface area contributed by atoms with Gasteiger partial charge in [0.2, 0.25) is 0 Å². The summed E-state index contributed by atoms with van der Waals surface area (Å²) in [6.07, 6.45) is 1.68. The second-order valence-electron chi connectivity index (χ2n) is 7.42. The number of nitrogens with zero attached hydrogens (tertiary/aromatic N) is 3. The number of hydrogen-bond acceptors (Lipinski definition) is 4. The van der Waals surface area contributed by atoms with Crippen molar-refractivity contribution in [3.05, 3.63) is 88.7 Å². The van der Waals surface area contributed by atoms with E-state index >= 15 is 0 Å². The summed E-state index contributed by atoms with van der Waals surface area (Å²) >= 11 is 12.0. The summed E-state index contributed by atoms with van der Waals surface area (Å²) in [5.41, 5.74) is 2.57. The molecule has 0 aliphatic carbocycles. The Morgan fingerprint density at radius 1 is 1.06 bits per heavy atom. The number of carboxylic acid groups (broad SMARTS) is 1. The third kappa shape index (κ3) is 4.68. The largest absolute Gasteiger partial charge is 0.480 e. The second kappa shape index (κ2) is 9.05. The van der Waals surface area contributed by atoms with Crippen LogP contribution in [0.15, 0.2) is 78.0 Å². The van der Waals surface area contributed by atoms with Gasteiger partial charge in [0.05, 0.1) is 34.0 Å². The van der Waals surface area contributed by atoms with Crippen molar-refractivity contribution in [3.8, 4) is 0 Å². The molecule has 10 heteroatoms. The van der Waals surface area contributed by atoms with E-state index in [2.05, 4.69) is 4.98 Å². The molecule has 0 aliphatic rings. The average Bonchev–Trinajstić information content (AvgIpc) is 3.20. The SMILES string of the molecule is CC(c1ccccc1)n1cnc2cc(N(CC(=O)O)S(=O)(=O)c3cc(Cl)cc(Cl)c3)ccc21. The fraction of sp³-hybridized carbons (Fsp3) is 0.130. The van der Waals surface area contributed by atoms with Crippen molar-refractivity contribution < 1.29 is 18.3 Å². The predicted octanol–water partition coefficient (Wildman–Crippen LogP) is 5.23. The summed E-state index contributed by atoms with van der Waals surface area (Å²) in [5, 5.41) is 9.65. The van der Waals surface area contributed by atoms with Crippen LogP contribution >= 0.6 is 23.2 Å². The summed E-state index contributed by atoms with van der Waals surface area (Å²) in [6.45, 7) is 1.26. The molecule has 0 aliphatic heterocycles. The summed E-state index contributed by atoms with van der Waals surface area (Å²) in [5.74, 6) is -1.31. The number of aliphatic carboxylic acids is 1. The van der Waals surface area contributed by atoms with E-state index in [1.54, 1.807) is 24.5 Å². The van der Waals surface area contributed by atoms with E-state index in [1.807, 2.05) is 41.8 Å². The maximum absolute atomic E-state index is 13.3. The van der Waals surface area contributed by atoms with Crippen LogP contribution in [0, 0.1) is 0 Å². The molecule has 1 N–H and O–H groups in total. The maximum atomic E-state index is 13.3. The Morgan fingerprint density at radius 3 is 2.36 bits per heavy atom. The molecule has 1 heterocycles. The fourth-order valence-corrected chi connectivity index (χ4v) is 5.75. The summed E-state index contributed by atoms with van der Waals surface area (Å²) in [6, 6.07) is 18.6. The van der Waals surface area contributed by atoms with Crippen molar-refractivity contribution in [2.45, 2.75) is 17.9 Å². The quantitative estimate of drug-likeness (QED) is 0.372. The van der Waals surface area contributed by atoms with Gasteiger partial charge in [0.1, 0.15) is 6.54 Å². The molecule has 0 fully saturated rings. The molecule has 0 bridgehead atoms. The van der Waals surface area contributed by atoms with Crippen molar-refractivity contribution in [1.29, 1.82) is 0 Å². The Morgan fingerprint density at radius 2 is 1.73 bits per heavy atom. The molecule has 1 aromatic heterocycles. The van der Waals surface area contributed by atoms with E-state index in [1.165, 1.54) is 18.2 Å². The van der Waals surface area contributed by atoms with Gasteiger partial charge in [-0.15, -0.1) is 0 Å². The molecule has 4 rings (SSSR count). The second-order valence-corrected chi connectivity index (χ2v) is 10.2. The number of anilines is 1. The number of imidazole rings is 1. The first-order valence-corrected chi connectivity index (χ1v) is 12.1. The first-order chi connectivity index (χ1) is 15.7. The molecule has 3 aromatic carbocycles. The minimum absolute atomic E-state index is 0.00509. The van der Waals surface area contributed by atoms with Crippen LogP contribution in [-0.4, -0.2) is 35.6 Å². The number of sulfonamides is 1. The van der Waals surface area contributed by atoms with Crippen molar-refractivity contribution in [2.24, 2.45) is 0 Å². The summed E-state index contributed by atoms with van der Waals surface area (Å²) < 4.78 is 29.4. The van der Waals surface area contributed by atoms with E-state index in [-0.39, 0.29) is 26.7 Å². The van der Waals surface area contributed by atoms with Crippen LogP contribution in [0.25, 0.3) is 11.0 Å². The van der Waals surface area contributed by atoms with Crippen LogP contribution in [0.4, 0.5) is 5.69 Å². The zero-order valence-corrected chi connectivity index (χ0v) is 19.7. The van der Waals surface area contributed by atoms with Gasteiger partial charge in [0.25, 0.3) is 10.0 Å². The average molecular weight is 504 g/mol. The number of aromatic nitrogens is 2. The van der Waals surface area contributed by atoms with Gasteiger partial charge < -0.3 is 9.67 Å². The molecule has 170 valence electrons. The molecule has 33 heavy (non-hydrogen) atoms. The van der Waals surface area contributed by atoms with Crippen LogP contribution in [0.3, 0.4) is 0 Å². The van der Waals surface area contributed by atoms with Gasteiger partial charge in [-0.1, -0.05) is 53.5 Å². The maximum Gasteiger partial charge on any atom is 0.324 e. The highest BCUT2D eigenvalue weighted by Gasteiger charge is 2.28. The van der Waals surface area contributed by atoms with Gasteiger partial charge >= 0.3 is 5.97 Å². The first kappa shape index (κ1) is 23.1. The molecule has 0 radical (unpaired) electrons. The molecule has 7 nitrogen and oxygen atoms in total.